The highest BCUT2D eigenvalue weighted by molar-refractivity contribution is 9.10. The number of halogens is 2. The van der Waals surface area contributed by atoms with Gasteiger partial charge in [-0.05, 0) is 39.7 Å². The fraction of sp³-hybridized carbons (Fsp3) is 0. The van der Waals surface area contributed by atoms with Gasteiger partial charge in [-0.1, -0.05) is 6.07 Å². The number of hydrogen-bond acceptors (Lipinski definition) is 2. The van der Waals surface area contributed by atoms with Gasteiger partial charge in [0.15, 0.2) is 0 Å². The molecule has 0 radical (unpaired) electrons. The van der Waals surface area contributed by atoms with E-state index in [4.69, 9.17) is 10.2 Å². The third-order valence-electron chi connectivity index (χ3n) is 1.47. The summed E-state index contributed by atoms with van der Waals surface area (Å²) in [6.45, 7) is 0. The fourth-order valence-corrected chi connectivity index (χ4v) is 1.22. The summed E-state index contributed by atoms with van der Waals surface area (Å²) in [5.41, 5.74) is 0.401. The second-order valence-electron chi connectivity index (χ2n) is 2.51. The van der Waals surface area contributed by atoms with E-state index < -0.39 is 17.5 Å². The molecule has 0 atom stereocenters. The second kappa shape index (κ2) is 4.23. The molecule has 0 amide bonds. The van der Waals surface area contributed by atoms with Crippen LogP contribution in [0.5, 0.6) is 0 Å². The van der Waals surface area contributed by atoms with Gasteiger partial charge in [0.05, 0.1) is 4.47 Å². The van der Waals surface area contributed by atoms with Gasteiger partial charge in [-0.25, -0.2) is 9.18 Å². The number of aliphatic carboxylic acids is 1. The van der Waals surface area contributed by atoms with Gasteiger partial charge in [-0.3, -0.25) is 0 Å². The number of rotatable bonds is 2. The van der Waals surface area contributed by atoms with Crippen LogP contribution in [0, 0.1) is 5.82 Å². The minimum atomic E-state index is -1.43. The smallest absolute Gasteiger partial charge is 0.370 e. The number of aliphatic hydroxyl groups is 1. The maximum Gasteiger partial charge on any atom is 0.370 e. The zero-order valence-corrected chi connectivity index (χ0v) is 8.45. The van der Waals surface area contributed by atoms with Crippen molar-refractivity contribution >= 4 is 28.0 Å². The van der Waals surface area contributed by atoms with Crippen molar-refractivity contribution in [1.29, 1.82) is 0 Å². The van der Waals surface area contributed by atoms with Crippen LogP contribution in [-0.4, -0.2) is 16.2 Å². The molecule has 0 aliphatic rings. The Morgan fingerprint density at radius 1 is 1.43 bits per heavy atom. The average Bonchev–Trinajstić information content (AvgIpc) is 2.11. The lowest BCUT2D eigenvalue weighted by atomic mass is 10.2. The normalized spacial score (nSPS) is 11.4. The topological polar surface area (TPSA) is 57.5 Å². The van der Waals surface area contributed by atoms with Crippen LogP contribution in [0.1, 0.15) is 5.56 Å². The molecule has 0 unspecified atom stereocenters. The molecule has 2 N–H and O–H groups in total. The third-order valence-corrected chi connectivity index (χ3v) is 2.07. The predicted octanol–water partition coefficient (Wildman–Crippen LogP) is 2.57. The van der Waals surface area contributed by atoms with E-state index in [1.807, 2.05) is 0 Å². The Morgan fingerprint density at radius 2 is 2.07 bits per heavy atom. The van der Waals surface area contributed by atoms with Crippen molar-refractivity contribution in [1.82, 2.24) is 0 Å². The molecule has 0 heterocycles. The van der Waals surface area contributed by atoms with Crippen LogP contribution in [-0.2, 0) is 4.79 Å². The van der Waals surface area contributed by atoms with Crippen LogP contribution in [0.3, 0.4) is 0 Å². The van der Waals surface area contributed by atoms with Crippen LogP contribution in [0.15, 0.2) is 28.4 Å². The molecule has 0 fully saturated rings. The molecule has 1 aromatic rings. The molecule has 0 saturated carbocycles. The number of carbonyl (C=O) groups is 1. The maximum atomic E-state index is 12.7. The first kappa shape index (κ1) is 10.7. The Balaban J connectivity index is 3.04. The summed E-state index contributed by atoms with van der Waals surface area (Å²) in [5.74, 6) is -2.66. The van der Waals surface area contributed by atoms with E-state index in [1.165, 1.54) is 18.2 Å². The summed E-state index contributed by atoms with van der Waals surface area (Å²) in [5, 5.41) is 17.3. The van der Waals surface area contributed by atoms with Crippen molar-refractivity contribution in [3.05, 3.63) is 39.8 Å². The Labute approximate surface area is 87.6 Å². The molecule has 0 spiro atoms. The zero-order valence-electron chi connectivity index (χ0n) is 6.87. The quantitative estimate of drug-likeness (QED) is 0.635. The first-order valence-corrected chi connectivity index (χ1v) is 4.39. The number of carboxylic acid groups (broad SMARTS) is 1. The fourth-order valence-electron chi connectivity index (χ4n) is 0.822. The first-order valence-electron chi connectivity index (χ1n) is 3.59. The number of carboxylic acids is 1. The standard InChI is InChI=1S/C9H6BrFO3/c10-6-3-5(1-2-7(6)11)4-8(12)9(13)14/h1-4,12H,(H,13,14). The Morgan fingerprint density at radius 3 is 2.57 bits per heavy atom. The van der Waals surface area contributed by atoms with Gasteiger partial charge in [0.2, 0.25) is 5.76 Å². The maximum absolute atomic E-state index is 12.7. The molecule has 14 heavy (non-hydrogen) atoms. The molecular weight excluding hydrogens is 255 g/mol. The highest BCUT2D eigenvalue weighted by Crippen LogP contribution is 2.18. The van der Waals surface area contributed by atoms with Crippen molar-refractivity contribution in [2.24, 2.45) is 0 Å². The molecular formula is C9H6BrFO3. The zero-order chi connectivity index (χ0) is 10.7. The first-order chi connectivity index (χ1) is 6.50. The molecule has 0 aromatic heterocycles. The minimum Gasteiger partial charge on any atom is -0.502 e. The minimum absolute atomic E-state index is 0.212. The summed E-state index contributed by atoms with van der Waals surface area (Å²) in [4.78, 5) is 10.3. The van der Waals surface area contributed by atoms with Crippen LogP contribution in [0.2, 0.25) is 0 Å². The van der Waals surface area contributed by atoms with Crippen molar-refractivity contribution in [3.8, 4) is 0 Å². The molecule has 1 aromatic carbocycles. The monoisotopic (exact) mass is 260 g/mol. The van der Waals surface area contributed by atoms with E-state index in [9.17, 15) is 9.18 Å². The Bertz CT molecular complexity index is 401. The van der Waals surface area contributed by atoms with Gasteiger partial charge < -0.3 is 10.2 Å². The highest BCUT2D eigenvalue weighted by Gasteiger charge is 2.04. The summed E-state index contributed by atoms with van der Waals surface area (Å²) >= 11 is 2.94. The van der Waals surface area contributed by atoms with E-state index in [2.05, 4.69) is 15.9 Å². The SMILES string of the molecule is O=C(O)C(O)=Cc1ccc(F)c(Br)c1. The van der Waals surface area contributed by atoms with Crippen LogP contribution < -0.4 is 0 Å². The average molecular weight is 261 g/mol. The van der Waals surface area contributed by atoms with E-state index in [1.54, 1.807) is 0 Å². The van der Waals surface area contributed by atoms with Crippen LogP contribution >= 0.6 is 15.9 Å². The molecule has 5 heteroatoms. The van der Waals surface area contributed by atoms with Crippen molar-refractivity contribution in [3.63, 3.8) is 0 Å². The van der Waals surface area contributed by atoms with Crippen molar-refractivity contribution in [2.75, 3.05) is 0 Å². The number of benzene rings is 1. The molecule has 0 aliphatic carbocycles. The molecule has 0 saturated heterocycles. The number of hydrogen-bond donors (Lipinski definition) is 2. The van der Waals surface area contributed by atoms with Crippen molar-refractivity contribution < 1.29 is 19.4 Å². The third kappa shape index (κ3) is 2.56. The summed E-state index contributed by atoms with van der Waals surface area (Å²) in [6.07, 6.45) is 1.03. The van der Waals surface area contributed by atoms with Gasteiger partial charge >= 0.3 is 5.97 Å². The lowest BCUT2D eigenvalue weighted by Gasteiger charge is -1.97. The molecule has 1 rings (SSSR count). The van der Waals surface area contributed by atoms with E-state index in [0.717, 1.165) is 6.08 Å². The molecule has 0 bridgehead atoms. The van der Waals surface area contributed by atoms with E-state index in [-0.39, 0.29) is 4.47 Å². The Kier molecular flexibility index (Phi) is 3.24. The predicted molar refractivity (Wildman–Crippen MR) is 52.3 cm³/mol. The molecule has 3 nitrogen and oxygen atoms in total. The highest BCUT2D eigenvalue weighted by atomic mass is 79.9. The van der Waals surface area contributed by atoms with Gasteiger partial charge in [0, 0.05) is 0 Å². The van der Waals surface area contributed by atoms with Crippen molar-refractivity contribution in [2.45, 2.75) is 0 Å². The molecule has 0 aliphatic heterocycles. The Hall–Kier alpha value is -1.36. The number of aliphatic hydroxyl groups excluding tert-OH is 1. The second-order valence-corrected chi connectivity index (χ2v) is 3.36. The van der Waals surface area contributed by atoms with Gasteiger partial charge in [-0.15, -0.1) is 0 Å². The van der Waals surface area contributed by atoms with Gasteiger partial charge in [0.1, 0.15) is 5.82 Å². The van der Waals surface area contributed by atoms with Gasteiger partial charge in [0.25, 0.3) is 0 Å². The lowest BCUT2D eigenvalue weighted by molar-refractivity contribution is -0.135. The largest absolute Gasteiger partial charge is 0.502 e. The van der Waals surface area contributed by atoms with Gasteiger partial charge in [-0.2, -0.15) is 0 Å². The van der Waals surface area contributed by atoms with E-state index >= 15 is 0 Å². The van der Waals surface area contributed by atoms with E-state index in [0.29, 0.717) is 5.56 Å². The summed E-state index contributed by atoms with van der Waals surface area (Å²) in [7, 11) is 0. The van der Waals surface area contributed by atoms with Crippen LogP contribution in [0.4, 0.5) is 4.39 Å². The van der Waals surface area contributed by atoms with Crippen LogP contribution in [0.25, 0.3) is 6.08 Å². The lowest BCUT2D eigenvalue weighted by Crippen LogP contribution is -1.98. The summed E-state index contributed by atoms with van der Waals surface area (Å²) < 4.78 is 13.0. The summed E-state index contributed by atoms with van der Waals surface area (Å²) in [6, 6.07) is 3.90. The molecule has 74 valence electrons.